The lowest BCUT2D eigenvalue weighted by molar-refractivity contribution is 0.168. The molecule has 0 aromatic carbocycles. The molecule has 2 aliphatic heterocycles. The third kappa shape index (κ3) is 3.21. The fourth-order valence-electron chi connectivity index (χ4n) is 2.39. The molecule has 2 unspecified atom stereocenters. The lowest BCUT2D eigenvalue weighted by Gasteiger charge is -2.22. The number of hydrogen-bond acceptors (Lipinski definition) is 2. The maximum absolute atomic E-state index is 5.42. The van der Waals surface area contributed by atoms with E-state index in [1.165, 1.54) is 45.3 Å². The second-order valence-electron chi connectivity index (χ2n) is 4.56. The molecule has 2 aliphatic rings. The summed E-state index contributed by atoms with van der Waals surface area (Å²) in [6.45, 7) is 5.80. The Morgan fingerprint density at radius 2 is 2.14 bits per heavy atom. The Hall–Kier alpha value is 0.400. The fraction of sp³-hybridized carbons (Fsp3) is 1.00. The molecule has 0 aliphatic carbocycles. The minimum absolute atomic E-state index is 0.757. The third-order valence-electron chi connectivity index (χ3n) is 3.29. The molecular formula is C11H20BrNO. The number of hydrogen-bond donors (Lipinski definition) is 0. The zero-order chi connectivity index (χ0) is 9.80. The molecule has 0 radical (unpaired) electrons. The van der Waals surface area contributed by atoms with E-state index >= 15 is 0 Å². The van der Waals surface area contributed by atoms with E-state index in [1.54, 1.807) is 0 Å². The van der Waals surface area contributed by atoms with Crippen molar-refractivity contribution in [2.75, 3.05) is 32.8 Å². The first kappa shape index (κ1) is 10.9. The minimum atomic E-state index is 0.757. The quantitative estimate of drug-likeness (QED) is 0.708. The summed E-state index contributed by atoms with van der Waals surface area (Å²) in [4.78, 5) is 3.38. The van der Waals surface area contributed by atoms with Crippen LogP contribution in [0, 0.1) is 5.92 Å². The Kier molecular flexibility index (Phi) is 4.26. The molecule has 2 fully saturated rings. The number of likely N-dealkylation sites (tertiary alicyclic amines) is 1. The summed E-state index contributed by atoms with van der Waals surface area (Å²) in [5.41, 5.74) is 0. The Bertz CT molecular complexity index is 171. The van der Waals surface area contributed by atoms with Crippen molar-refractivity contribution in [3.63, 3.8) is 0 Å². The Balaban J connectivity index is 1.73. The van der Waals surface area contributed by atoms with E-state index in [-0.39, 0.29) is 0 Å². The Morgan fingerprint density at radius 3 is 2.93 bits per heavy atom. The molecule has 3 heteroatoms. The zero-order valence-corrected chi connectivity index (χ0v) is 10.3. The second-order valence-corrected chi connectivity index (χ2v) is 5.85. The first-order valence-electron chi connectivity index (χ1n) is 5.79. The molecule has 82 valence electrons. The molecule has 14 heavy (non-hydrogen) atoms. The molecule has 2 heterocycles. The van der Waals surface area contributed by atoms with Gasteiger partial charge in [0, 0.05) is 18.0 Å². The highest BCUT2D eigenvalue weighted by Gasteiger charge is 2.21. The highest BCUT2D eigenvalue weighted by molar-refractivity contribution is 9.09. The predicted molar refractivity (Wildman–Crippen MR) is 61.9 cm³/mol. The van der Waals surface area contributed by atoms with Gasteiger partial charge in [0.15, 0.2) is 0 Å². The molecule has 2 atom stereocenters. The van der Waals surface area contributed by atoms with E-state index in [9.17, 15) is 0 Å². The molecule has 0 aromatic rings. The van der Waals surface area contributed by atoms with E-state index in [0.717, 1.165) is 24.0 Å². The number of rotatable bonds is 2. The van der Waals surface area contributed by atoms with Crippen LogP contribution in [0.1, 0.15) is 25.7 Å². The molecule has 0 spiro atoms. The molecule has 0 N–H and O–H groups in total. The van der Waals surface area contributed by atoms with E-state index in [1.807, 2.05) is 0 Å². The van der Waals surface area contributed by atoms with Crippen LogP contribution in [-0.4, -0.2) is 42.6 Å². The molecule has 2 nitrogen and oxygen atoms in total. The van der Waals surface area contributed by atoms with Crippen LogP contribution in [0.15, 0.2) is 0 Å². The van der Waals surface area contributed by atoms with E-state index in [4.69, 9.17) is 4.74 Å². The van der Waals surface area contributed by atoms with Crippen molar-refractivity contribution in [2.24, 2.45) is 5.92 Å². The summed E-state index contributed by atoms with van der Waals surface area (Å²) in [5.74, 6) is 0.807. The highest BCUT2D eigenvalue weighted by Crippen LogP contribution is 2.20. The summed E-state index contributed by atoms with van der Waals surface area (Å²) in [6, 6.07) is 0. The fourth-order valence-corrected chi connectivity index (χ4v) is 2.92. The topological polar surface area (TPSA) is 12.5 Å². The van der Waals surface area contributed by atoms with Gasteiger partial charge in [-0.1, -0.05) is 15.9 Å². The standard InChI is InChI=1S/C11H20BrNO/c12-11-2-1-5-13(6-3-11)8-10-4-7-14-9-10/h10-11H,1-9H2. The molecule has 2 rings (SSSR count). The summed E-state index contributed by atoms with van der Waals surface area (Å²) in [6.07, 6.45) is 5.28. The Labute approximate surface area is 95.1 Å². The van der Waals surface area contributed by atoms with Crippen molar-refractivity contribution in [3.05, 3.63) is 0 Å². The van der Waals surface area contributed by atoms with Crippen molar-refractivity contribution >= 4 is 15.9 Å². The van der Waals surface area contributed by atoms with Gasteiger partial charge in [-0.05, 0) is 44.7 Å². The van der Waals surface area contributed by atoms with Crippen molar-refractivity contribution < 1.29 is 4.74 Å². The van der Waals surface area contributed by atoms with Crippen molar-refractivity contribution in [1.82, 2.24) is 4.90 Å². The number of ether oxygens (including phenoxy) is 1. The summed E-state index contributed by atoms with van der Waals surface area (Å²) >= 11 is 3.73. The number of nitrogens with zero attached hydrogens (tertiary/aromatic N) is 1. The first-order valence-corrected chi connectivity index (χ1v) is 6.70. The maximum Gasteiger partial charge on any atom is 0.0507 e. The lowest BCUT2D eigenvalue weighted by atomic mass is 10.1. The largest absolute Gasteiger partial charge is 0.381 e. The normalized spacial score (nSPS) is 35.8. The van der Waals surface area contributed by atoms with Crippen LogP contribution in [0.4, 0.5) is 0 Å². The van der Waals surface area contributed by atoms with Crippen LogP contribution >= 0.6 is 15.9 Å². The van der Waals surface area contributed by atoms with Crippen molar-refractivity contribution in [2.45, 2.75) is 30.5 Å². The van der Waals surface area contributed by atoms with Gasteiger partial charge >= 0.3 is 0 Å². The molecular weight excluding hydrogens is 242 g/mol. The average Bonchev–Trinajstić information content (AvgIpc) is 2.58. The van der Waals surface area contributed by atoms with Crippen molar-refractivity contribution in [1.29, 1.82) is 0 Å². The monoisotopic (exact) mass is 261 g/mol. The highest BCUT2D eigenvalue weighted by atomic mass is 79.9. The van der Waals surface area contributed by atoms with Crippen LogP contribution in [0.5, 0.6) is 0 Å². The van der Waals surface area contributed by atoms with Gasteiger partial charge in [0.2, 0.25) is 0 Å². The maximum atomic E-state index is 5.42. The van der Waals surface area contributed by atoms with Crippen molar-refractivity contribution in [3.8, 4) is 0 Å². The summed E-state index contributed by atoms with van der Waals surface area (Å²) in [5, 5.41) is 0. The second kappa shape index (κ2) is 5.47. The van der Waals surface area contributed by atoms with Gasteiger partial charge in [0.25, 0.3) is 0 Å². The van der Waals surface area contributed by atoms with Gasteiger partial charge in [-0.2, -0.15) is 0 Å². The van der Waals surface area contributed by atoms with Crippen LogP contribution in [0.3, 0.4) is 0 Å². The summed E-state index contributed by atoms with van der Waals surface area (Å²) in [7, 11) is 0. The number of alkyl halides is 1. The molecule has 0 bridgehead atoms. The SMILES string of the molecule is BrC1CCCN(CC2CCOC2)CC1. The minimum Gasteiger partial charge on any atom is -0.381 e. The predicted octanol–water partition coefficient (Wildman–Crippen LogP) is 2.27. The van der Waals surface area contributed by atoms with Gasteiger partial charge < -0.3 is 9.64 Å². The Morgan fingerprint density at radius 1 is 1.21 bits per heavy atom. The van der Waals surface area contributed by atoms with E-state index in [2.05, 4.69) is 20.8 Å². The molecule has 0 amide bonds. The zero-order valence-electron chi connectivity index (χ0n) is 8.75. The molecule has 0 saturated carbocycles. The lowest BCUT2D eigenvalue weighted by Crippen LogP contribution is -2.30. The van der Waals surface area contributed by atoms with Gasteiger partial charge in [0.1, 0.15) is 0 Å². The van der Waals surface area contributed by atoms with Gasteiger partial charge in [-0.3, -0.25) is 0 Å². The molecule has 0 aromatic heterocycles. The van der Waals surface area contributed by atoms with Crippen LogP contribution in [0.2, 0.25) is 0 Å². The molecule has 2 saturated heterocycles. The summed E-state index contributed by atoms with van der Waals surface area (Å²) < 4.78 is 5.42. The average molecular weight is 262 g/mol. The van der Waals surface area contributed by atoms with E-state index < -0.39 is 0 Å². The van der Waals surface area contributed by atoms with Crippen LogP contribution < -0.4 is 0 Å². The van der Waals surface area contributed by atoms with Gasteiger partial charge in [0.05, 0.1) is 6.61 Å². The van der Waals surface area contributed by atoms with E-state index in [0.29, 0.717) is 0 Å². The third-order valence-corrected chi connectivity index (χ3v) is 4.21. The van der Waals surface area contributed by atoms with Crippen LogP contribution in [-0.2, 0) is 4.74 Å². The number of halogens is 1. The van der Waals surface area contributed by atoms with Crippen LogP contribution in [0.25, 0.3) is 0 Å². The first-order chi connectivity index (χ1) is 6.84. The smallest absolute Gasteiger partial charge is 0.0507 e. The van der Waals surface area contributed by atoms with Gasteiger partial charge in [-0.15, -0.1) is 0 Å². The van der Waals surface area contributed by atoms with Gasteiger partial charge in [-0.25, -0.2) is 0 Å².